The summed E-state index contributed by atoms with van der Waals surface area (Å²) in [6.07, 6.45) is 6.34. The molecule has 0 aliphatic rings. The highest BCUT2D eigenvalue weighted by Gasteiger charge is 2.07. The fraction of sp³-hybridized carbons (Fsp3) is 0.263. The number of nitrogens with one attached hydrogen (secondary N) is 1. The highest BCUT2D eigenvalue weighted by Crippen LogP contribution is 2.16. The molecule has 1 amide bonds. The molecule has 0 fully saturated rings. The van der Waals surface area contributed by atoms with Crippen molar-refractivity contribution in [2.75, 3.05) is 6.54 Å². The molecule has 0 saturated heterocycles. The molecule has 0 atom stereocenters. The molecule has 1 aromatic carbocycles. The van der Waals surface area contributed by atoms with Gasteiger partial charge in [0.15, 0.2) is 0 Å². The molecule has 0 bridgehead atoms. The van der Waals surface area contributed by atoms with Crippen LogP contribution in [0.25, 0.3) is 5.69 Å². The van der Waals surface area contributed by atoms with Crippen molar-refractivity contribution < 1.29 is 4.79 Å². The number of nitrogens with zero attached hydrogens (tertiary/aromatic N) is 3. The Balaban J connectivity index is 1.56. The Kier molecular flexibility index (Phi) is 4.79. The molecule has 0 aliphatic heterocycles. The van der Waals surface area contributed by atoms with E-state index in [4.69, 9.17) is 0 Å². The van der Waals surface area contributed by atoms with Gasteiger partial charge in [-0.1, -0.05) is 0 Å². The van der Waals surface area contributed by atoms with Crippen LogP contribution >= 0.6 is 0 Å². The van der Waals surface area contributed by atoms with Crippen molar-refractivity contribution in [2.24, 2.45) is 0 Å². The molecule has 5 heteroatoms. The molecule has 3 rings (SSSR count). The highest BCUT2D eigenvalue weighted by molar-refractivity contribution is 5.94. The van der Waals surface area contributed by atoms with Gasteiger partial charge in [0.05, 0.1) is 6.33 Å². The summed E-state index contributed by atoms with van der Waals surface area (Å²) in [5.74, 6) is -0.0341. The van der Waals surface area contributed by atoms with Crippen LogP contribution in [0.4, 0.5) is 0 Å². The lowest BCUT2D eigenvalue weighted by atomic mass is 10.2. The van der Waals surface area contributed by atoms with Gasteiger partial charge in [0.2, 0.25) is 0 Å². The molecule has 0 saturated carbocycles. The maximum absolute atomic E-state index is 12.2. The Morgan fingerprint density at radius 3 is 2.42 bits per heavy atom. The summed E-state index contributed by atoms with van der Waals surface area (Å²) >= 11 is 0. The van der Waals surface area contributed by atoms with Gasteiger partial charge in [0, 0.05) is 48.1 Å². The highest BCUT2D eigenvalue weighted by atomic mass is 16.1. The summed E-state index contributed by atoms with van der Waals surface area (Å²) in [5, 5.41) is 2.96. The molecular weight excluding hydrogens is 300 g/mol. The number of benzene rings is 1. The minimum Gasteiger partial charge on any atom is -0.352 e. The fourth-order valence-corrected chi connectivity index (χ4v) is 2.82. The second-order valence-corrected chi connectivity index (χ2v) is 5.91. The molecule has 2 aromatic heterocycles. The molecule has 0 spiro atoms. The summed E-state index contributed by atoms with van der Waals surface area (Å²) in [5.41, 5.74) is 4.13. The first kappa shape index (κ1) is 16.1. The molecule has 2 heterocycles. The van der Waals surface area contributed by atoms with Gasteiger partial charge >= 0.3 is 0 Å². The fourth-order valence-electron chi connectivity index (χ4n) is 2.82. The lowest BCUT2D eigenvalue weighted by molar-refractivity contribution is 0.0952. The first-order valence-corrected chi connectivity index (χ1v) is 8.14. The number of hydrogen-bond acceptors (Lipinski definition) is 2. The normalized spacial score (nSPS) is 10.8. The summed E-state index contributed by atoms with van der Waals surface area (Å²) < 4.78 is 4.18. The molecule has 0 aliphatic carbocycles. The quantitative estimate of drug-likeness (QED) is 0.709. The maximum Gasteiger partial charge on any atom is 0.251 e. The van der Waals surface area contributed by atoms with Crippen molar-refractivity contribution in [3.63, 3.8) is 0 Å². The number of aromatic nitrogens is 3. The smallest absolute Gasteiger partial charge is 0.251 e. The molecule has 3 aromatic rings. The largest absolute Gasteiger partial charge is 0.352 e. The van der Waals surface area contributed by atoms with E-state index in [1.165, 1.54) is 11.4 Å². The van der Waals surface area contributed by atoms with Crippen LogP contribution in [0.3, 0.4) is 0 Å². The van der Waals surface area contributed by atoms with E-state index < -0.39 is 0 Å². The van der Waals surface area contributed by atoms with E-state index in [2.05, 4.69) is 40.8 Å². The third kappa shape index (κ3) is 3.56. The minimum atomic E-state index is -0.0341. The Bertz CT molecular complexity index is 781. The van der Waals surface area contributed by atoms with Crippen LogP contribution in [-0.4, -0.2) is 26.6 Å². The van der Waals surface area contributed by atoms with Gasteiger partial charge in [-0.05, 0) is 56.7 Å². The van der Waals surface area contributed by atoms with E-state index in [1.807, 2.05) is 35.0 Å². The predicted molar refractivity (Wildman–Crippen MR) is 94.4 cm³/mol. The summed E-state index contributed by atoms with van der Waals surface area (Å²) in [4.78, 5) is 16.2. The Morgan fingerprint density at radius 2 is 1.79 bits per heavy atom. The van der Waals surface area contributed by atoms with Crippen LogP contribution in [0.1, 0.15) is 28.2 Å². The van der Waals surface area contributed by atoms with Gasteiger partial charge in [-0.25, -0.2) is 4.98 Å². The van der Waals surface area contributed by atoms with Gasteiger partial charge in [0.1, 0.15) is 0 Å². The maximum atomic E-state index is 12.2. The molecular formula is C19H22N4O. The second-order valence-electron chi connectivity index (χ2n) is 5.91. The number of imidazole rings is 1. The minimum absolute atomic E-state index is 0.0341. The van der Waals surface area contributed by atoms with Crippen LogP contribution in [0.15, 0.2) is 55.1 Å². The van der Waals surface area contributed by atoms with Crippen LogP contribution in [0, 0.1) is 13.8 Å². The Hall–Kier alpha value is -2.82. The number of hydrogen-bond donors (Lipinski definition) is 1. The van der Waals surface area contributed by atoms with Crippen LogP contribution in [-0.2, 0) is 6.54 Å². The third-order valence-corrected chi connectivity index (χ3v) is 4.10. The van der Waals surface area contributed by atoms with Crippen LogP contribution < -0.4 is 5.32 Å². The predicted octanol–water partition coefficient (Wildman–Crippen LogP) is 3.11. The van der Waals surface area contributed by atoms with E-state index in [1.54, 1.807) is 12.5 Å². The Labute approximate surface area is 142 Å². The van der Waals surface area contributed by atoms with Gasteiger partial charge in [-0.2, -0.15) is 0 Å². The van der Waals surface area contributed by atoms with E-state index >= 15 is 0 Å². The monoisotopic (exact) mass is 322 g/mol. The van der Waals surface area contributed by atoms with E-state index in [-0.39, 0.29) is 5.91 Å². The number of rotatable bonds is 6. The van der Waals surface area contributed by atoms with Crippen LogP contribution in [0.5, 0.6) is 0 Å². The van der Waals surface area contributed by atoms with E-state index in [0.29, 0.717) is 12.1 Å². The molecule has 124 valence electrons. The number of amides is 1. The van der Waals surface area contributed by atoms with Gasteiger partial charge in [-0.15, -0.1) is 0 Å². The van der Waals surface area contributed by atoms with Crippen LogP contribution in [0.2, 0.25) is 0 Å². The SMILES string of the molecule is Cc1ccc(C)n1-c1ccc(C(=O)NCCCn2ccnc2)cc1. The summed E-state index contributed by atoms with van der Waals surface area (Å²) in [6.45, 7) is 5.65. The zero-order valence-corrected chi connectivity index (χ0v) is 14.1. The number of carbonyl (C=O) groups is 1. The molecule has 1 N–H and O–H groups in total. The standard InChI is InChI=1S/C19H22N4O/c1-15-4-5-16(2)23(15)18-8-6-17(7-9-18)19(24)21-10-3-12-22-13-11-20-14-22/h4-9,11,13-14H,3,10,12H2,1-2H3,(H,21,24). The van der Waals surface area contributed by atoms with Crippen molar-refractivity contribution in [3.05, 3.63) is 72.1 Å². The van der Waals surface area contributed by atoms with Crippen molar-refractivity contribution in [1.29, 1.82) is 0 Å². The van der Waals surface area contributed by atoms with Gasteiger partial charge in [-0.3, -0.25) is 4.79 Å². The van der Waals surface area contributed by atoms with E-state index in [9.17, 15) is 4.79 Å². The molecule has 24 heavy (non-hydrogen) atoms. The first-order chi connectivity index (χ1) is 11.6. The van der Waals surface area contributed by atoms with E-state index in [0.717, 1.165) is 18.7 Å². The van der Waals surface area contributed by atoms with Crippen molar-refractivity contribution in [2.45, 2.75) is 26.8 Å². The lowest BCUT2D eigenvalue weighted by Crippen LogP contribution is -2.25. The summed E-state index contributed by atoms with van der Waals surface area (Å²) in [7, 11) is 0. The molecule has 5 nitrogen and oxygen atoms in total. The third-order valence-electron chi connectivity index (χ3n) is 4.10. The van der Waals surface area contributed by atoms with Crippen molar-refractivity contribution >= 4 is 5.91 Å². The molecule has 0 radical (unpaired) electrons. The zero-order valence-electron chi connectivity index (χ0n) is 14.1. The topological polar surface area (TPSA) is 51.9 Å². The lowest BCUT2D eigenvalue weighted by Gasteiger charge is -2.10. The number of carbonyl (C=O) groups excluding carboxylic acids is 1. The van der Waals surface area contributed by atoms with Crippen molar-refractivity contribution in [1.82, 2.24) is 19.4 Å². The van der Waals surface area contributed by atoms with Crippen molar-refractivity contribution in [3.8, 4) is 5.69 Å². The molecule has 0 unspecified atom stereocenters. The van der Waals surface area contributed by atoms with Gasteiger partial charge < -0.3 is 14.5 Å². The second kappa shape index (κ2) is 7.17. The van der Waals surface area contributed by atoms with Gasteiger partial charge in [0.25, 0.3) is 5.91 Å². The number of aryl methyl sites for hydroxylation is 3. The zero-order chi connectivity index (χ0) is 16.9. The average Bonchev–Trinajstić information content (AvgIpc) is 3.22. The summed E-state index contributed by atoms with van der Waals surface area (Å²) in [6, 6.07) is 11.9. The first-order valence-electron chi connectivity index (χ1n) is 8.14. The Morgan fingerprint density at radius 1 is 1.08 bits per heavy atom. The average molecular weight is 322 g/mol.